The Morgan fingerprint density at radius 2 is 2.28 bits per heavy atom. The van der Waals surface area contributed by atoms with E-state index in [-0.39, 0.29) is 17.7 Å². The van der Waals surface area contributed by atoms with Gasteiger partial charge in [0.25, 0.3) is 0 Å². The summed E-state index contributed by atoms with van der Waals surface area (Å²) < 4.78 is 0. The highest BCUT2D eigenvalue weighted by Crippen LogP contribution is 2.30. The molecule has 7 heteroatoms. The number of aromatic nitrogens is 2. The molecular formula is C11H13ClN4OS. The minimum Gasteiger partial charge on any atom is -0.358 e. The highest BCUT2D eigenvalue weighted by molar-refractivity contribution is 7.18. The molecule has 0 saturated heterocycles. The van der Waals surface area contributed by atoms with Gasteiger partial charge in [-0.25, -0.2) is 4.98 Å². The Bertz CT molecular complexity index is 598. The van der Waals surface area contributed by atoms with Crippen LogP contribution in [0.25, 0.3) is 10.2 Å². The number of nitrogens with one attached hydrogen (secondary N) is 1. The summed E-state index contributed by atoms with van der Waals surface area (Å²) in [6, 6.07) is 2.01. The van der Waals surface area contributed by atoms with Gasteiger partial charge in [-0.3, -0.25) is 4.79 Å². The van der Waals surface area contributed by atoms with Gasteiger partial charge in [0.2, 0.25) is 11.2 Å². The maximum absolute atomic E-state index is 11.4. The molecule has 0 aliphatic carbocycles. The number of fused-ring (bicyclic) bond motifs is 1. The minimum absolute atomic E-state index is 0.0765. The van der Waals surface area contributed by atoms with Crippen LogP contribution in [0.3, 0.4) is 0 Å². The second-order valence-corrected chi connectivity index (χ2v) is 5.49. The summed E-state index contributed by atoms with van der Waals surface area (Å²) in [5.74, 6) is 0.602. The Kier molecular flexibility index (Phi) is 3.68. The largest absolute Gasteiger partial charge is 0.358 e. The number of likely N-dealkylation sites (N-methyl/N-ethyl adjacent to an activating group) is 2. The molecule has 0 radical (unpaired) electrons. The van der Waals surface area contributed by atoms with E-state index in [1.54, 1.807) is 30.3 Å². The van der Waals surface area contributed by atoms with Crippen molar-refractivity contribution in [2.24, 2.45) is 0 Å². The van der Waals surface area contributed by atoms with Crippen molar-refractivity contribution >= 4 is 44.9 Å². The lowest BCUT2D eigenvalue weighted by atomic mass is 10.3. The number of nitrogens with zero attached hydrogens (tertiary/aromatic N) is 3. The Morgan fingerprint density at radius 3 is 2.94 bits per heavy atom. The molecule has 0 saturated carbocycles. The summed E-state index contributed by atoms with van der Waals surface area (Å²) >= 11 is 7.46. The molecular weight excluding hydrogens is 272 g/mol. The van der Waals surface area contributed by atoms with E-state index in [1.165, 1.54) is 0 Å². The number of anilines is 1. The van der Waals surface area contributed by atoms with Gasteiger partial charge in [0.15, 0.2) is 0 Å². The van der Waals surface area contributed by atoms with Crippen LogP contribution in [0.2, 0.25) is 5.28 Å². The lowest BCUT2D eigenvalue weighted by Gasteiger charge is -2.17. The van der Waals surface area contributed by atoms with Crippen LogP contribution in [0, 0.1) is 6.92 Å². The molecule has 0 bridgehead atoms. The van der Waals surface area contributed by atoms with E-state index in [0.717, 1.165) is 15.1 Å². The fourth-order valence-electron chi connectivity index (χ4n) is 1.66. The van der Waals surface area contributed by atoms with Crippen LogP contribution in [0.15, 0.2) is 6.07 Å². The molecule has 18 heavy (non-hydrogen) atoms. The van der Waals surface area contributed by atoms with Crippen molar-refractivity contribution in [2.45, 2.75) is 6.92 Å². The molecule has 0 atom stereocenters. The van der Waals surface area contributed by atoms with Gasteiger partial charge in [-0.05, 0) is 24.6 Å². The van der Waals surface area contributed by atoms with Crippen LogP contribution in [-0.2, 0) is 4.79 Å². The lowest BCUT2D eigenvalue weighted by molar-refractivity contribution is -0.119. The number of thiophene rings is 1. The maximum Gasteiger partial charge on any atom is 0.239 e. The third-order valence-electron chi connectivity index (χ3n) is 2.49. The monoisotopic (exact) mass is 284 g/mol. The van der Waals surface area contributed by atoms with Gasteiger partial charge < -0.3 is 10.2 Å². The quantitative estimate of drug-likeness (QED) is 0.874. The molecule has 5 nitrogen and oxygen atoms in total. The minimum atomic E-state index is -0.0765. The number of aryl methyl sites for hydroxylation is 1. The molecule has 2 aromatic heterocycles. The number of amides is 1. The van der Waals surface area contributed by atoms with Crippen molar-refractivity contribution in [1.82, 2.24) is 15.3 Å². The van der Waals surface area contributed by atoms with E-state index in [4.69, 9.17) is 11.6 Å². The molecule has 2 heterocycles. The van der Waals surface area contributed by atoms with E-state index >= 15 is 0 Å². The molecule has 96 valence electrons. The topological polar surface area (TPSA) is 58.1 Å². The second-order valence-electron chi connectivity index (χ2n) is 3.92. The molecule has 0 aliphatic rings. The molecule has 0 unspecified atom stereocenters. The van der Waals surface area contributed by atoms with Crippen LogP contribution < -0.4 is 10.2 Å². The van der Waals surface area contributed by atoms with Crippen molar-refractivity contribution < 1.29 is 4.79 Å². The fourth-order valence-corrected chi connectivity index (χ4v) is 2.75. The lowest BCUT2D eigenvalue weighted by Crippen LogP contribution is -2.33. The van der Waals surface area contributed by atoms with Crippen molar-refractivity contribution in [3.8, 4) is 0 Å². The summed E-state index contributed by atoms with van der Waals surface area (Å²) in [6.07, 6.45) is 0. The Morgan fingerprint density at radius 1 is 1.56 bits per heavy atom. The number of hydrogen-bond acceptors (Lipinski definition) is 5. The molecule has 0 aliphatic heterocycles. The SMILES string of the molecule is CNC(=O)CN(C)c1nc(Cl)nc2sc(C)cc12. The molecule has 1 N–H and O–H groups in total. The van der Waals surface area contributed by atoms with Crippen molar-refractivity contribution in [3.63, 3.8) is 0 Å². The van der Waals surface area contributed by atoms with Crippen molar-refractivity contribution in [3.05, 3.63) is 16.2 Å². The van der Waals surface area contributed by atoms with Gasteiger partial charge in [0.1, 0.15) is 10.6 Å². The predicted molar refractivity (Wildman–Crippen MR) is 74.5 cm³/mol. The Balaban J connectivity index is 2.45. The van der Waals surface area contributed by atoms with Crippen molar-refractivity contribution in [2.75, 3.05) is 25.5 Å². The summed E-state index contributed by atoms with van der Waals surface area (Å²) in [5, 5.41) is 3.70. The number of halogens is 1. The number of carbonyl (C=O) groups excluding carboxylic acids is 1. The maximum atomic E-state index is 11.4. The average Bonchev–Trinajstić information content (AvgIpc) is 2.67. The first kappa shape index (κ1) is 13.0. The average molecular weight is 285 g/mol. The van der Waals surface area contributed by atoms with Crippen LogP contribution in [0.1, 0.15) is 4.88 Å². The van der Waals surface area contributed by atoms with Gasteiger partial charge in [-0.2, -0.15) is 4.98 Å². The first-order valence-electron chi connectivity index (χ1n) is 5.36. The third kappa shape index (κ3) is 2.54. The first-order chi connectivity index (χ1) is 8.51. The first-order valence-corrected chi connectivity index (χ1v) is 6.56. The van der Waals surface area contributed by atoms with Crippen LogP contribution in [0.4, 0.5) is 5.82 Å². The summed E-state index contributed by atoms with van der Waals surface area (Å²) in [7, 11) is 3.41. The Hall–Kier alpha value is -1.40. The molecule has 0 spiro atoms. The van der Waals surface area contributed by atoms with Gasteiger partial charge in [-0.1, -0.05) is 0 Å². The highest BCUT2D eigenvalue weighted by Gasteiger charge is 2.14. The van der Waals surface area contributed by atoms with E-state index in [1.807, 2.05) is 13.0 Å². The Labute approximate surface area is 114 Å². The zero-order chi connectivity index (χ0) is 13.3. The summed E-state index contributed by atoms with van der Waals surface area (Å²) in [4.78, 5) is 23.5. The molecule has 1 amide bonds. The van der Waals surface area contributed by atoms with Gasteiger partial charge in [0, 0.05) is 19.0 Å². The fraction of sp³-hybridized carbons (Fsp3) is 0.364. The zero-order valence-corrected chi connectivity index (χ0v) is 11.9. The van der Waals surface area contributed by atoms with Gasteiger partial charge >= 0.3 is 0 Å². The van der Waals surface area contributed by atoms with E-state index < -0.39 is 0 Å². The number of carbonyl (C=O) groups is 1. The standard InChI is InChI=1S/C11H13ClN4OS/c1-6-4-7-9(16(3)5-8(17)13-2)14-11(12)15-10(7)18-6/h4H,5H2,1-3H3,(H,13,17). The van der Waals surface area contributed by atoms with E-state index in [0.29, 0.717) is 5.82 Å². The zero-order valence-electron chi connectivity index (χ0n) is 10.3. The number of rotatable bonds is 3. The summed E-state index contributed by atoms with van der Waals surface area (Å²) in [5.41, 5.74) is 0. The molecule has 0 fully saturated rings. The predicted octanol–water partition coefficient (Wildman–Crippen LogP) is 1.84. The van der Waals surface area contributed by atoms with E-state index in [2.05, 4.69) is 15.3 Å². The van der Waals surface area contributed by atoms with Crippen LogP contribution >= 0.6 is 22.9 Å². The third-order valence-corrected chi connectivity index (χ3v) is 3.60. The van der Waals surface area contributed by atoms with Crippen LogP contribution in [0.5, 0.6) is 0 Å². The smallest absolute Gasteiger partial charge is 0.239 e. The van der Waals surface area contributed by atoms with E-state index in [9.17, 15) is 4.79 Å². The summed E-state index contributed by atoms with van der Waals surface area (Å²) in [6.45, 7) is 2.23. The molecule has 0 aromatic carbocycles. The van der Waals surface area contributed by atoms with Gasteiger partial charge in [-0.15, -0.1) is 11.3 Å². The molecule has 2 aromatic rings. The van der Waals surface area contributed by atoms with Crippen molar-refractivity contribution in [1.29, 1.82) is 0 Å². The normalized spacial score (nSPS) is 10.7. The molecule has 2 rings (SSSR count). The van der Waals surface area contributed by atoms with Crippen LogP contribution in [-0.4, -0.2) is 36.5 Å². The highest BCUT2D eigenvalue weighted by atomic mass is 35.5. The van der Waals surface area contributed by atoms with Gasteiger partial charge in [0.05, 0.1) is 11.9 Å². The second kappa shape index (κ2) is 5.07. The number of hydrogen-bond donors (Lipinski definition) is 1.